The van der Waals surface area contributed by atoms with Crippen molar-refractivity contribution in [2.24, 2.45) is 0 Å². The smallest absolute Gasteiger partial charge is 0.0468 e. The van der Waals surface area contributed by atoms with Crippen molar-refractivity contribution in [3.8, 4) is 33.4 Å². The van der Waals surface area contributed by atoms with Crippen LogP contribution < -0.4 is 9.80 Å². The van der Waals surface area contributed by atoms with Gasteiger partial charge >= 0.3 is 0 Å². The van der Waals surface area contributed by atoms with Crippen LogP contribution >= 0.6 is 0 Å². The van der Waals surface area contributed by atoms with Crippen LogP contribution in [-0.4, -0.2) is 0 Å². The van der Waals surface area contributed by atoms with Gasteiger partial charge in [0.15, 0.2) is 0 Å². The van der Waals surface area contributed by atoms with E-state index in [9.17, 15) is 0 Å². The van der Waals surface area contributed by atoms with Crippen LogP contribution in [0.25, 0.3) is 54.9 Å². The van der Waals surface area contributed by atoms with Gasteiger partial charge in [-0.15, -0.1) is 0 Å². The molecule has 0 aromatic heterocycles. The van der Waals surface area contributed by atoms with Gasteiger partial charge < -0.3 is 9.80 Å². The summed E-state index contributed by atoms with van der Waals surface area (Å²) in [7, 11) is 0. The molecule has 58 heavy (non-hydrogen) atoms. The quantitative estimate of drug-likeness (QED) is 0.145. The highest BCUT2D eigenvalue weighted by Gasteiger charge is 2.21. The van der Waals surface area contributed by atoms with Crippen LogP contribution in [0.4, 0.5) is 34.1 Å². The first kappa shape index (κ1) is 34.8. The lowest BCUT2D eigenvalue weighted by Gasteiger charge is -2.28. The van der Waals surface area contributed by atoms with Crippen LogP contribution in [-0.2, 0) is 0 Å². The molecule has 0 saturated carbocycles. The number of nitrogens with zero attached hydrogens (tertiary/aromatic N) is 2. The summed E-state index contributed by atoms with van der Waals surface area (Å²) in [6.07, 6.45) is 0. The fourth-order valence-corrected chi connectivity index (χ4v) is 8.21. The fourth-order valence-electron chi connectivity index (χ4n) is 8.21. The van der Waals surface area contributed by atoms with Gasteiger partial charge in [-0.3, -0.25) is 0 Å². The minimum Gasteiger partial charge on any atom is -0.310 e. The molecular formula is C56H40N2. The van der Waals surface area contributed by atoms with Crippen molar-refractivity contribution < 1.29 is 0 Å². The molecule has 0 aliphatic rings. The Morgan fingerprint density at radius 2 is 0.500 bits per heavy atom. The summed E-state index contributed by atoms with van der Waals surface area (Å²) in [4.78, 5) is 4.69. The molecule has 0 unspecified atom stereocenters. The Labute approximate surface area is 340 Å². The lowest BCUT2D eigenvalue weighted by atomic mass is 9.87. The van der Waals surface area contributed by atoms with Crippen LogP contribution in [0, 0.1) is 0 Å². The molecule has 0 aliphatic carbocycles. The highest BCUT2D eigenvalue weighted by molar-refractivity contribution is 5.99. The molecule has 0 saturated heterocycles. The minimum absolute atomic E-state index is 1.09. The predicted octanol–water partition coefficient (Wildman–Crippen LogP) is 15.9. The summed E-state index contributed by atoms with van der Waals surface area (Å²) < 4.78 is 0. The van der Waals surface area contributed by atoms with Crippen molar-refractivity contribution in [3.05, 3.63) is 243 Å². The SMILES string of the molecule is c1ccc(N(c2ccccc2)c2ccc(-c3ccc(N(c4ccccc4)c4ccccc4)cc3-c3ccc4ccccc4c3)c(-c3ccc4ccccc4c3)c2)cc1. The summed E-state index contributed by atoms with van der Waals surface area (Å²) >= 11 is 0. The molecule has 10 aromatic rings. The van der Waals surface area contributed by atoms with E-state index < -0.39 is 0 Å². The molecule has 2 nitrogen and oxygen atoms in total. The summed E-state index contributed by atoms with van der Waals surface area (Å²) in [6, 6.07) is 87.5. The monoisotopic (exact) mass is 740 g/mol. The average Bonchev–Trinajstić information content (AvgIpc) is 3.30. The number of para-hydroxylation sites is 4. The molecule has 274 valence electrons. The van der Waals surface area contributed by atoms with Crippen LogP contribution in [0.2, 0.25) is 0 Å². The zero-order valence-corrected chi connectivity index (χ0v) is 32.0. The normalized spacial score (nSPS) is 11.1. The Balaban J connectivity index is 1.23. The Bertz CT molecular complexity index is 2710. The third-order valence-electron chi connectivity index (χ3n) is 11.0. The van der Waals surface area contributed by atoms with Gasteiger partial charge in [0.25, 0.3) is 0 Å². The van der Waals surface area contributed by atoms with Crippen LogP contribution in [0.5, 0.6) is 0 Å². The largest absolute Gasteiger partial charge is 0.310 e. The van der Waals surface area contributed by atoms with Crippen molar-refractivity contribution in [3.63, 3.8) is 0 Å². The fraction of sp³-hybridized carbons (Fsp3) is 0. The summed E-state index contributed by atoms with van der Waals surface area (Å²) in [5, 5.41) is 4.88. The molecule has 0 N–H and O–H groups in total. The van der Waals surface area contributed by atoms with Crippen LogP contribution in [0.15, 0.2) is 243 Å². The van der Waals surface area contributed by atoms with Crippen LogP contribution in [0.3, 0.4) is 0 Å². The minimum atomic E-state index is 1.09. The van der Waals surface area contributed by atoms with Gasteiger partial charge in [0.1, 0.15) is 0 Å². The van der Waals surface area contributed by atoms with Crippen LogP contribution in [0.1, 0.15) is 0 Å². The van der Waals surface area contributed by atoms with Crippen molar-refractivity contribution in [1.29, 1.82) is 0 Å². The van der Waals surface area contributed by atoms with E-state index in [-0.39, 0.29) is 0 Å². The topological polar surface area (TPSA) is 6.48 Å². The molecule has 0 radical (unpaired) electrons. The lowest BCUT2D eigenvalue weighted by molar-refractivity contribution is 1.28. The maximum Gasteiger partial charge on any atom is 0.0468 e. The number of hydrogen-bond donors (Lipinski definition) is 0. The first-order valence-electron chi connectivity index (χ1n) is 19.8. The number of rotatable bonds is 9. The molecule has 0 heterocycles. The molecule has 0 aliphatic heterocycles. The van der Waals surface area contributed by atoms with E-state index in [1.807, 2.05) is 0 Å². The first-order chi connectivity index (χ1) is 28.8. The maximum atomic E-state index is 2.37. The van der Waals surface area contributed by atoms with Crippen molar-refractivity contribution in [2.45, 2.75) is 0 Å². The van der Waals surface area contributed by atoms with Gasteiger partial charge in [-0.2, -0.15) is 0 Å². The number of fused-ring (bicyclic) bond motifs is 2. The zero-order chi connectivity index (χ0) is 38.7. The Hall–Kier alpha value is -7.68. The van der Waals surface area contributed by atoms with Gasteiger partial charge in [0.2, 0.25) is 0 Å². The Morgan fingerprint density at radius 1 is 0.190 bits per heavy atom. The van der Waals surface area contributed by atoms with E-state index >= 15 is 0 Å². The molecule has 2 heteroatoms. The number of anilines is 6. The molecular weight excluding hydrogens is 701 g/mol. The van der Waals surface area contributed by atoms with Crippen molar-refractivity contribution in [1.82, 2.24) is 0 Å². The summed E-state index contributed by atoms with van der Waals surface area (Å²) in [6.45, 7) is 0. The van der Waals surface area contributed by atoms with Gasteiger partial charge in [0.05, 0.1) is 0 Å². The van der Waals surface area contributed by atoms with E-state index in [0.717, 1.165) is 45.3 Å². The van der Waals surface area contributed by atoms with E-state index in [1.165, 1.54) is 43.8 Å². The third-order valence-corrected chi connectivity index (χ3v) is 11.0. The molecule has 10 rings (SSSR count). The van der Waals surface area contributed by atoms with E-state index in [2.05, 4.69) is 252 Å². The molecule has 10 aromatic carbocycles. The second-order valence-corrected chi connectivity index (χ2v) is 14.6. The number of hydrogen-bond acceptors (Lipinski definition) is 2. The van der Waals surface area contributed by atoms with Gasteiger partial charge in [0, 0.05) is 34.1 Å². The third kappa shape index (κ3) is 6.78. The summed E-state index contributed by atoms with van der Waals surface area (Å²) in [5.41, 5.74) is 13.6. The molecule has 0 spiro atoms. The van der Waals surface area contributed by atoms with E-state index in [1.54, 1.807) is 0 Å². The van der Waals surface area contributed by atoms with Crippen molar-refractivity contribution >= 4 is 55.7 Å². The lowest BCUT2D eigenvalue weighted by Crippen LogP contribution is -2.10. The Morgan fingerprint density at radius 3 is 0.845 bits per heavy atom. The first-order valence-corrected chi connectivity index (χ1v) is 19.8. The Kier molecular flexibility index (Phi) is 9.27. The molecule has 0 atom stereocenters. The highest BCUT2D eigenvalue weighted by atomic mass is 15.1. The zero-order valence-electron chi connectivity index (χ0n) is 32.0. The average molecular weight is 741 g/mol. The second kappa shape index (κ2) is 15.5. The maximum absolute atomic E-state index is 2.37. The van der Waals surface area contributed by atoms with Gasteiger partial charge in [-0.05, 0) is 140 Å². The van der Waals surface area contributed by atoms with E-state index in [0.29, 0.717) is 0 Å². The van der Waals surface area contributed by atoms with Gasteiger partial charge in [-0.25, -0.2) is 0 Å². The number of benzene rings is 10. The highest BCUT2D eigenvalue weighted by Crippen LogP contribution is 2.46. The standard InChI is InChI=1S/C56H40N2/c1-5-21-47(22-6-1)57(48-23-7-2-8-24-48)51-33-35-53(55(39-51)45-31-29-41-17-13-15-19-43(41)37-45)54-36-34-52(40-56(54)46-32-30-42-18-14-16-20-44(42)38-46)58(49-25-9-3-10-26-49)50-27-11-4-12-28-50/h1-40H. The van der Waals surface area contributed by atoms with E-state index in [4.69, 9.17) is 0 Å². The molecule has 0 bridgehead atoms. The van der Waals surface area contributed by atoms with Gasteiger partial charge in [-0.1, -0.05) is 158 Å². The predicted molar refractivity (Wildman–Crippen MR) is 247 cm³/mol. The molecule has 0 amide bonds. The second-order valence-electron chi connectivity index (χ2n) is 14.6. The van der Waals surface area contributed by atoms with Crippen molar-refractivity contribution in [2.75, 3.05) is 9.80 Å². The summed E-state index contributed by atoms with van der Waals surface area (Å²) in [5.74, 6) is 0. The molecule has 0 fully saturated rings.